The summed E-state index contributed by atoms with van der Waals surface area (Å²) in [5.41, 5.74) is 0. The van der Waals surface area contributed by atoms with E-state index in [9.17, 15) is 57.1 Å². The second kappa shape index (κ2) is 6.96. The van der Waals surface area contributed by atoms with Crippen LogP contribution in [0.3, 0.4) is 0 Å². The maximum atomic E-state index is 13.8. The monoisotopic (exact) mass is 468 g/mol. The van der Waals surface area contributed by atoms with Gasteiger partial charge in [-0.05, 0) is 0 Å². The number of hydrogen-bond acceptors (Lipinski definition) is 5. The third-order valence-corrected chi connectivity index (χ3v) is 3.90. The number of aliphatic hydroxyl groups excluding tert-OH is 4. The van der Waals surface area contributed by atoms with Crippen LogP contribution in [0.5, 0.6) is 0 Å². The summed E-state index contributed by atoms with van der Waals surface area (Å²) < 4.78 is 173. The summed E-state index contributed by atoms with van der Waals surface area (Å²) >= 11 is 0. The van der Waals surface area contributed by atoms with E-state index in [1.807, 2.05) is 0 Å². The molecule has 174 valence electrons. The third kappa shape index (κ3) is 3.41. The molecule has 1 heterocycles. The molecule has 0 aromatic heterocycles. The normalized spacial score (nSPS) is 31.1. The van der Waals surface area contributed by atoms with Crippen molar-refractivity contribution in [2.75, 3.05) is 0 Å². The lowest BCUT2D eigenvalue weighted by Gasteiger charge is -2.45. The Bertz CT molecular complexity index is 606. The molecule has 0 aromatic carbocycles. The number of rotatable bonds is 5. The number of ether oxygens (including phenoxy) is 1. The summed E-state index contributed by atoms with van der Waals surface area (Å²) in [5, 5.41) is 36.2. The fraction of sp³-hybridized carbons (Fsp3) is 1.00. The van der Waals surface area contributed by atoms with Crippen LogP contribution < -0.4 is 0 Å². The van der Waals surface area contributed by atoms with Crippen LogP contribution in [-0.4, -0.2) is 86.9 Å². The smallest absolute Gasteiger partial charge is 0.387 e. The van der Waals surface area contributed by atoms with E-state index >= 15 is 0 Å². The maximum Gasteiger partial charge on any atom is 0.460 e. The van der Waals surface area contributed by atoms with E-state index in [4.69, 9.17) is 20.4 Å². The van der Waals surface area contributed by atoms with Gasteiger partial charge in [0.1, 0.15) is 18.3 Å². The average Bonchev–Trinajstić information content (AvgIpc) is 2.54. The molecule has 1 rings (SSSR count). The Labute approximate surface area is 150 Å². The Hall–Kier alpha value is -1.11. The quantitative estimate of drug-likeness (QED) is 0.460. The second-order valence-electron chi connectivity index (χ2n) is 5.84. The molecule has 1 fully saturated rings. The molecule has 5 nitrogen and oxygen atoms in total. The van der Waals surface area contributed by atoms with Crippen molar-refractivity contribution in [3.8, 4) is 0 Å². The lowest BCUT2D eigenvalue weighted by atomic mass is 9.86. The third-order valence-electron chi connectivity index (χ3n) is 3.90. The molecule has 0 aliphatic carbocycles. The van der Waals surface area contributed by atoms with Crippen LogP contribution in [0.15, 0.2) is 0 Å². The van der Waals surface area contributed by atoms with Gasteiger partial charge in [0.25, 0.3) is 0 Å². The van der Waals surface area contributed by atoms with Gasteiger partial charge in [0.2, 0.25) is 0 Å². The van der Waals surface area contributed by atoms with E-state index in [1.165, 1.54) is 0 Å². The standard InChI is InChI=1S/C11H9F13O5/c12-6(13,4-2(26)1(25)3(27)5(28)29-4)7(14,15)8(16,17)9(18,19)10(20,21)11(22,23)24/h1-5,25-28H/t1-,2-,3+,4+,5?/m0/s1. The average molecular weight is 468 g/mol. The highest BCUT2D eigenvalue weighted by Gasteiger charge is 2.91. The molecule has 0 bridgehead atoms. The lowest BCUT2D eigenvalue weighted by Crippen LogP contribution is -2.74. The van der Waals surface area contributed by atoms with E-state index in [0.29, 0.717) is 0 Å². The van der Waals surface area contributed by atoms with Crippen molar-refractivity contribution in [2.24, 2.45) is 0 Å². The van der Waals surface area contributed by atoms with Crippen molar-refractivity contribution in [2.45, 2.75) is 66.5 Å². The molecule has 5 atom stereocenters. The molecular weight excluding hydrogens is 459 g/mol. The van der Waals surface area contributed by atoms with Gasteiger partial charge in [0.15, 0.2) is 12.4 Å². The van der Waals surface area contributed by atoms with E-state index in [-0.39, 0.29) is 0 Å². The first-order valence-electron chi connectivity index (χ1n) is 6.83. The number of aliphatic hydroxyl groups is 4. The molecule has 0 radical (unpaired) electrons. The zero-order chi connectivity index (χ0) is 23.6. The number of halogens is 13. The Morgan fingerprint density at radius 3 is 1.24 bits per heavy atom. The van der Waals surface area contributed by atoms with Gasteiger partial charge in [-0.1, -0.05) is 0 Å². The second-order valence-corrected chi connectivity index (χ2v) is 5.84. The van der Waals surface area contributed by atoms with Gasteiger partial charge in [0.05, 0.1) is 0 Å². The summed E-state index contributed by atoms with van der Waals surface area (Å²) in [5.74, 6) is -38.9. The minimum absolute atomic E-state index is 2.71. The fourth-order valence-corrected chi connectivity index (χ4v) is 2.12. The molecule has 1 unspecified atom stereocenters. The first-order chi connectivity index (χ1) is 12.5. The van der Waals surface area contributed by atoms with Crippen LogP contribution >= 0.6 is 0 Å². The largest absolute Gasteiger partial charge is 0.460 e. The summed E-state index contributed by atoms with van der Waals surface area (Å²) in [6.45, 7) is 0. The van der Waals surface area contributed by atoms with Crippen molar-refractivity contribution >= 4 is 0 Å². The van der Waals surface area contributed by atoms with Crippen LogP contribution in [0, 0.1) is 0 Å². The van der Waals surface area contributed by atoms with Crippen molar-refractivity contribution < 1.29 is 82.2 Å². The van der Waals surface area contributed by atoms with Crippen molar-refractivity contribution in [1.29, 1.82) is 0 Å². The summed E-state index contributed by atoms with van der Waals surface area (Å²) in [6, 6.07) is 0. The minimum atomic E-state index is -8.15. The fourth-order valence-electron chi connectivity index (χ4n) is 2.12. The Morgan fingerprint density at radius 2 is 0.862 bits per heavy atom. The predicted octanol–water partition coefficient (Wildman–Crippen LogP) is 1.53. The SMILES string of the molecule is OC1O[C@@H](C(F)(F)C(F)(F)C(F)(F)C(F)(F)C(F)(F)C(F)(F)F)[C@@H](O)[C@H](O)[C@H]1O. The molecule has 4 N–H and O–H groups in total. The number of hydrogen-bond donors (Lipinski definition) is 4. The molecular formula is C11H9F13O5. The highest BCUT2D eigenvalue weighted by Crippen LogP contribution is 2.61. The first kappa shape index (κ1) is 25.9. The Morgan fingerprint density at radius 1 is 0.483 bits per heavy atom. The topological polar surface area (TPSA) is 90.2 Å². The number of alkyl halides is 13. The van der Waals surface area contributed by atoms with Gasteiger partial charge in [-0.15, -0.1) is 0 Å². The molecule has 0 aromatic rings. The Kier molecular flexibility index (Phi) is 6.22. The molecule has 1 aliphatic heterocycles. The highest BCUT2D eigenvalue weighted by atomic mass is 19.4. The molecule has 0 saturated carbocycles. The molecule has 0 spiro atoms. The van der Waals surface area contributed by atoms with Crippen LogP contribution in [0.4, 0.5) is 57.1 Å². The molecule has 1 aliphatic rings. The van der Waals surface area contributed by atoms with Crippen molar-refractivity contribution in [3.63, 3.8) is 0 Å². The van der Waals surface area contributed by atoms with Crippen molar-refractivity contribution in [1.82, 2.24) is 0 Å². The first-order valence-corrected chi connectivity index (χ1v) is 6.83. The molecule has 29 heavy (non-hydrogen) atoms. The van der Waals surface area contributed by atoms with Gasteiger partial charge in [-0.3, -0.25) is 0 Å². The Balaban J connectivity index is 3.50. The highest BCUT2D eigenvalue weighted by molar-refractivity contribution is 5.13. The summed E-state index contributed by atoms with van der Waals surface area (Å²) in [4.78, 5) is 0. The summed E-state index contributed by atoms with van der Waals surface area (Å²) in [7, 11) is 0. The van der Waals surface area contributed by atoms with Gasteiger partial charge < -0.3 is 25.2 Å². The van der Waals surface area contributed by atoms with Crippen LogP contribution in [0.2, 0.25) is 0 Å². The molecule has 0 amide bonds. The maximum absolute atomic E-state index is 13.8. The predicted molar refractivity (Wildman–Crippen MR) is 59.7 cm³/mol. The van der Waals surface area contributed by atoms with E-state index in [0.717, 1.165) is 0 Å². The molecule has 1 saturated heterocycles. The van der Waals surface area contributed by atoms with E-state index in [2.05, 4.69) is 4.74 Å². The van der Waals surface area contributed by atoms with Gasteiger partial charge in [-0.2, -0.15) is 57.1 Å². The van der Waals surface area contributed by atoms with Gasteiger partial charge in [0, 0.05) is 0 Å². The van der Waals surface area contributed by atoms with Gasteiger partial charge in [-0.25, -0.2) is 0 Å². The minimum Gasteiger partial charge on any atom is -0.387 e. The lowest BCUT2D eigenvalue weighted by molar-refractivity contribution is -0.452. The van der Waals surface area contributed by atoms with Crippen LogP contribution in [0.25, 0.3) is 0 Å². The van der Waals surface area contributed by atoms with Gasteiger partial charge >= 0.3 is 35.8 Å². The van der Waals surface area contributed by atoms with E-state index < -0.39 is 66.5 Å². The van der Waals surface area contributed by atoms with Crippen LogP contribution in [-0.2, 0) is 4.74 Å². The molecule has 18 heteroatoms. The zero-order valence-corrected chi connectivity index (χ0v) is 13.0. The zero-order valence-electron chi connectivity index (χ0n) is 13.0. The van der Waals surface area contributed by atoms with Crippen LogP contribution in [0.1, 0.15) is 0 Å². The van der Waals surface area contributed by atoms with E-state index in [1.54, 1.807) is 0 Å². The summed E-state index contributed by atoms with van der Waals surface area (Å²) in [6.07, 6.45) is -24.2. The van der Waals surface area contributed by atoms with Crippen molar-refractivity contribution in [3.05, 3.63) is 0 Å².